The highest BCUT2D eigenvalue weighted by Crippen LogP contribution is 2.12. The molecule has 0 fully saturated rings. The van der Waals surface area contributed by atoms with E-state index in [1.54, 1.807) is 0 Å². The van der Waals surface area contributed by atoms with E-state index in [9.17, 15) is 4.79 Å². The highest BCUT2D eigenvalue weighted by atomic mass is 16.5. The lowest BCUT2D eigenvalue weighted by atomic mass is 10.1. The van der Waals surface area contributed by atoms with Gasteiger partial charge < -0.3 is 4.74 Å². The minimum Gasteiger partial charge on any atom is -0.461 e. The Balaban J connectivity index is 2.71. The van der Waals surface area contributed by atoms with Gasteiger partial charge in [0.1, 0.15) is 6.61 Å². The second-order valence-corrected chi connectivity index (χ2v) is 4.03. The molecule has 0 aromatic heterocycles. The van der Waals surface area contributed by atoms with E-state index in [2.05, 4.69) is 44.2 Å². The van der Waals surface area contributed by atoms with Crippen molar-refractivity contribution in [2.24, 2.45) is 0 Å². The molecule has 1 rings (SSSR count). The maximum Gasteiger partial charge on any atom is 0.302 e. The summed E-state index contributed by atoms with van der Waals surface area (Å²) in [6.07, 6.45) is 4.03. The summed E-state index contributed by atoms with van der Waals surface area (Å²) in [5, 5.41) is 0. The van der Waals surface area contributed by atoms with Gasteiger partial charge in [-0.3, -0.25) is 4.79 Å². The van der Waals surface area contributed by atoms with Gasteiger partial charge in [0, 0.05) is 6.92 Å². The molecule has 0 aliphatic carbocycles. The van der Waals surface area contributed by atoms with Crippen molar-refractivity contribution >= 4 is 12.0 Å². The maximum absolute atomic E-state index is 10.8. The first-order valence-electron chi connectivity index (χ1n) is 6.07. The lowest BCUT2D eigenvalue weighted by molar-refractivity contribution is -0.139. The van der Waals surface area contributed by atoms with Crippen molar-refractivity contribution in [3.05, 3.63) is 41.0 Å². The van der Waals surface area contributed by atoms with Crippen molar-refractivity contribution in [2.75, 3.05) is 6.61 Å². The van der Waals surface area contributed by atoms with Gasteiger partial charge in [0.15, 0.2) is 0 Å². The number of aryl methyl sites for hydroxylation is 1. The van der Waals surface area contributed by atoms with Crippen LogP contribution >= 0.6 is 0 Å². The smallest absolute Gasteiger partial charge is 0.302 e. The topological polar surface area (TPSA) is 26.3 Å². The molecule has 0 saturated heterocycles. The van der Waals surface area contributed by atoms with Gasteiger partial charge in [0.25, 0.3) is 0 Å². The van der Waals surface area contributed by atoms with Gasteiger partial charge in [-0.1, -0.05) is 44.2 Å². The third-order valence-electron chi connectivity index (χ3n) is 2.67. The number of benzene rings is 1. The van der Waals surface area contributed by atoms with E-state index < -0.39 is 0 Å². The highest BCUT2D eigenvalue weighted by Gasteiger charge is 1.99. The Morgan fingerprint density at radius 1 is 1.24 bits per heavy atom. The van der Waals surface area contributed by atoms with Crippen LogP contribution in [-0.4, -0.2) is 12.6 Å². The molecule has 17 heavy (non-hydrogen) atoms. The maximum atomic E-state index is 10.8. The number of ether oxygens (including phenoxy) is 1. The van der Waals surface area contributed by atoms with E-state index in [1.807, 2.05) is 0 Å². The zero-order valence-corrected chi connectivity index (χ0v) is 10.8. The average Bonchev–Trinajstić information content (AvgIpc) is 2.35. The predicted octanol–water partition coefficient (Wildman–Crippen LogP) is 3.61. The van der Waals surface area contributed by atoms with Crippen LogP contribution in [0.2, 0.25) is 0 Å². The summed E-state index contributed by atoms with van der Waals surface area (Å²) in [4.78, 5) is 10.8. The molecule has 0 saturated carbocycles. The molecule has 0 heterocycles. The summed E-state index contributed by atoms with van der Waals surface area (Å²) in [6.45, 7) is 6.03. The molecule has 0 aliphatic rings. The first-order valence-corrected chi connectivity index (χ1v) is 6.07. The van der Waals surface area contributed by atoms with Crippen molar-refractivity contribution in [3.8, 4) is 0 Å². The fourth-order valence-electron chi connectivity index (χ4n) is 1.53. The van der Waals surface area contributed by atoms with Gasteiger partial charge in [-0.15, -0.1) is 0 Å². The van der Waals surface area contributed by atoms with Gasteiger partial charge >= 0.3 is 5.97 Å². The van der Waals surface area contributed by atoms with Crippen LogP contribution in [0.3, 0.4) is 0 Å². The summed E-state index contributed by atoms with van der Waals surface area (Å²) in [5.74, 6) is -0.231. The van der Waals surface area contributed by atoms with Crippen molar-refractivity contribution in [1.29, 1.82) is 0 Å². The van der Waals surface area contributed by atoms with Gasteiger partial charge in [0.2, 0.25) is 0 Å². The molecule has 0 unspecified atom stereocenters. The molecule has 0 N–H and O–H groups in total. The van der Waals surface area contributed by atoms with E-state index in [4.69, 9.17) is 4.74 Å². The van der Waals surface area contributed by atoms with Gasteiger partial charge in [0.05, 0.1) is 0 Å². The summed E-state index contributed by atoms with van der Waals surface area (Å²) in [5.41, 5.74) is 3.62. The highest BCUT2D eigenvalue weighted by molar-refractivity contribution is 5.66. The van der Waals surface area contributed by atoms with Crippen LogP contribution in [0.4, 0.5) is 0 Å². The fourth-order valence-corrected chi connectivity index (χ4v) is 1.53. The van der Waals surface area contributed by atoms with Gasteiger partial charge in [-0.05, 0) is 29.5 Å². The van der Waals surface area contributed by atoms with Crippen molar-refractivity contribution in [1.82, 2.24) is 0 Å². The molecule has 0 amide bonds. The van der Waals surface area contributed by atoms with Gasteiger partial charge in [-0.2, -0.15) is 0 Å². The summed E-state index contributed by atoms with van der Waals surface area (Å²) in [7, 11) is 0. The second-order valence-electron chi connectivity index (χ2n) is 4.03. The minimum atomic E-state index is -0.231. The van der Waals surface area contributed by atoms with Crippen LogP contribution in [0.1, 0.15) is 38.3 Å². The molecular formula is C15H20O2. The monoisotopic (exact) mass is 232 g/mol. The summed E-state index contributed by atoms with van der Waals surface area (Å²) in [6, 6.07) is 8.46. The van der Waals surface area contributed by atoms with E-state index in [-0.39, 0.29) is 5.97 Å². The van der Waals surface area contributed by atoms with Crippen LogP contribution in [0.5, 0.6) is 0 Å². The Labute approximate surface area is 103 Å². The quantitative estimate of drug-likeness (QED) is 0.725. The lowest BCUT2D eigenvalue weighted by Gasteiger charge is -2.05. The predicted molar refractivity (Wildman–Crippen MR) is 70.7 cm³/mol. The van der Waals surface area contributed by atoms with Crippen molar-refractivity contribution < 1.29 is 9.53 Å². The van der Waals surface area contributed by atoms with Crippen molar-refractivity contribution in [3.63, 3.8) is 0 Å². The Morgan fingerprint density at radius 2 is 1.88 bits per heavy atom. The van der Waals surface area contributed by atoms with Crippen LogP contribution in [0.15, 0.2) is 29.8 Å². The first kappa shape index (κ1) is 13.5. The summed E-state index contributed by atoms with van der Waals surface area (Å²) >= 11 is 0. The van der Waals surface area contributed by atoms with Crippen molar-refractivity contribution in [2.45, 2.75) is 33.6 Å². The molecule has 0 bridgehead atoms. The first-order chi connectivity index (χ1) is 8.15. The molecular weight excluding hydrogens is 212 g/mol. The van der Waals surface area contributed by atoms with E-state index in [0.29, 0.717) is 6.61 Å². The standard InChI is InChI=1S/C15H20O2/c1-4-13-6-8-15(9-7-13)10-14(5-2)11-17-12(3)16/h6-10H,4-5,11H2,1-3H3. The fraction of sp³-hybridized carbons (Fsp3) is 0.400. The second kappa shape index (κ2) is 6.89. The number of carbonyl (C=O) groups is 1. The molecule has 0 spiro atoms. The Morgan fingerprint density at radius 3 is 2.35 bits per heavy atom. The zero-order chi connectivity index (χ0) is 12.7. The average molecular weight is 232 g/mol. The number of rotatable bonds is 5. The molecule has 1 aromatic carbocycles. The van der Waals surface area contributed by atoms with E-state index in [0.717, 1.165) is 24.0 Å². The Kier molecular flexibility index (Phi) is 5.47. The van der Waals surface area contributed by atoms with Crippen LogP contribution < -0.4 is 0 Å². The van der Waals surface area contributed by atoms with Crippen LogP contribution in [-0.2, 0) is 16.0 Å². The normalized spacial score (nSPS) is 11.4. The number of carbonyl (C=O) groups excluding carboxylic acids is 1. The zero-order valence-electron chi connectivity index (χ0n) is 10.8. The third kappa shape index (κ3) is 4.85. The molecule has 0 aliphatic heterocycles. The molecule has 0 radical (unpaired) electrons. The Bertz CT molecular complexity index is 388. The minimum absolute atomic E-state index is 0.231. The molecule has 92 valence electrons. The van der Waals surface area contributed by atoms with Gasteiger partial charge in [-0.25, -0.2) is 0 Å². The lowest BCUT2D eigenvalue weighted by Crippen LogP contribution is -2.02. The SMILES string of the molecule is CCC(=Cc1ccc(CC)cc1)COC(C)=O. The molecule has 2 heteroatoms. The molecule has 0 atom stereocenters. The van der Waals surface area contributed by atoms with E-state index >= 15 is 0 Å². The number of hydrogen-bond acceptors (Lipinski definition) is 2. The number of hydrogen-bond donors (Lipinski definition) is 0. The molecule has 1 aromatic rings. The van der Waals surface area contributed by atoms with Crippen LogP contribution in [0.25, 0.3) is 6.08 Å². The Hall–Kier alpha value is -1.57. The molecule has 2 nitrogen and oxygen atoms in total. The third-order valence-corrected chi connectivity index (χ3v) is 2.67. The summed E-state index contributed by atoms with van der Waals surface area (Å²) < 4.78 is 5.00. The number of esters is 1. The largest absolute Gasteiger partial charge is 0.461 e. The van der Waals surface area contributed by atoms with E-state index in [1.165, 1.54) is 12.5 Å². The van der Waals surface area contributed by atoms with Crippen LogP contribution in [0, 0.1) is 0 Å².